The summed E-state index contributed by atoms with van der Waals surface area (Å²) in [5.74, 6) is 0.0232. The average molecular weight is 517 g/mol. The van der Waals surface area contributed by atoms with Gasteiger partial charge in [0.15, 0.2) is 0 Å². The number of hydrogen-bond acceptors (Lipinski definition) is 6. The van der Waals surface area contributed by atoms with Gasteiger partial charge in [0, 0.05) is 43.5 Å². The van der Waals surface area contributed by atoms with E-state index in [9.17, 15) is 14.4 Å². The molecule has 1 atom stereocenters. The molecule has 3 amide bonds. The van der Waals surface area contributed by atoms with Crippen LogP contribution in [0.5, 0.6) is 0 Å². The summed E-state index contributed by atoms with van der Waals surface area (Å²) in [6.45, 7) is 9.64. The number of rotatable bonds is 4. The number of esters is 1. The first-order chi connectivity index (χ1) is 17.2. The molecule has 1 aromatic rings. The van der Waals surface area contributed by atoms with E-state index in [1.807, 2.05) is 25.7 Å². The van der Waals surface area contributed by atoms with Gasteiger partial charge in [-0.3, -0.25) is 19.8 Å². The molecule has 0 radical (unpaired) electrons. The summed E-state index contributed by atoms with van der Waals surface area (Å²) in [5, 5.41) is 6.44. The van der Waals surface area contributed by atoms with Crippen molar-refractivity contribution in [2.24, 2.45) is 5.41 Å². The fourth-order valence-corrected chi connectivity index (χ4v) is 8.13. The summed E-state index contributed by atoms with van der Waals surface area (Å²) in [7, 11) is 0. The number of carbonyl (C=O) groups excluding carboxylic acids is 3. The molecule has 4 heterocycles. The van der Waals surface area contributed by atoms with Crippen molar-refractivity contribution in [2.75, 3.05) is 38.0 Å². The van der Waals surface area contributed by atoms with Crippen LogP contribution in [0.15, 0.2) is 0 Å². The van der Waals surface area contributed by atoms with Crippen LogP contribution in [0.25, 0.3) is 0 Å². The highest BCUT2D eigenvalue weighted by Gasteiger charge is 2.54. The van der Waals surface area contributed by atoms with E-state index in [-0.39, 0.29) is 28.9 Å². The molecule has 0 aromatic carbocycles. The quantitative estimate of drug-likeness (QED) is 0.586. The first-order valence-electron chi connectivity index (χ1n) is 13.7. The minimum Gasteiger partial charge on any atom is -0.459 e. The average Bonchev–Trinajstić information content (AvgIpc) is 3.31. The molecule has 2 N–H and O–H groups in total. The Bertz CT molecular complexity index is 1030. The van der Waals surface area contributed by atoms with Crippen molar-refractivity contribution in [1.29, 1.82) is 0 Å². The number of likely N-dealkylation sites (tertiary alicyclic amines) is 2. The highest BCUT2D eigenvalue weighted by Crippen LogP contribution is 2.47. The third-order valence-electron chi connectivity index (χ3n) is 8.39. The minimum atomic E-state index is -0.380. The van der Waals surface area contributed by atoms with Gasteiger partial charge in [0.1, 0.15) is 10.6 Å². The normalized spacial score (nSPS) is 26.5. The summed E-state index contributed by atoms with van der Waals surface area (Å²) in [6.07, 6.45) is 8.64. The van der Waals surface area contributed by atoms with Crippen molar-refractivity contribution in [2.45, 2.75) is 90.2 Å². The third-order valence-corrected chi connectivity index (χ3v) is 9.60. The van der Waals surface area contributed by atoms with E-state index >= 15 is 0 Å². The molecule has 9 heteroatoms. The molecule has 198 valence electrons. The molecule has 1 spiro atoms. The van der Waals surface area contributed by atoms with Gasteiger partial charge in [-0.1, -0.05) is 0 Å². The molecule has 3 aliphatic heterocycles. The lowest BCUT2D eigenvalue weighted by Gasteiger charge is -2.45. The molecule has 3 fully saturated rings. The Morgan fingerprint density at radius 1 is 1.11 bits per heavy atom. The second-order valence-corrected chi connectivity index (χ2v) is 12.7. The van der Waals surface area contributed by atoms with Crippen molar-refractivity contribution < 1.29 is 19.1 Å². The lowest BCUT2D eigenvalue weighted by molar-refractivity contribution is -0.154. The van der Waals surface area contributed by atoms with Gasteiger partial charge in [-0.05, 0) is 84.2 Å². The highest BCUT2D eigenvalue weighted by molar-refractivity contribution is 7.17. The monoisotopic (exact) mass is 516 g/mol. The van der Waals surface area contributed by atoms with Gasteiger partial charge in [-0.2, -0.15) is 0 Å². The number of hydrogen-bond donors (Lipinski definition) is 2. The zero-order valence-electron chi connectivity index (χ0n) is 21.9. The Morgan fingerprint density at radius 3 is 2.56 bits per heavy atom. The molecule has 8 nitrogen and oxygen atoms in total. The standard InChI is InChI=1S/C27H40N4O4S/c1-4-28-25(34)29-22-21(19-8-5-6-9-20(19)36-22)23(32)30-14-10-18(11-15-30)31-13-7-12-27(17-31)16-26(2,3)35-24(27)33/h18H,4-17H2,1-3H3,(H2,28,29,34). The number of cyclic esters (lactones) is 1. The second kappa shape index (κ2) is 9.97. The third kappa shape index (κ3) is 4.88. The molecule has 4 aliphatic rings. The maximum Gasteiger partial charge on any atom is 0.319 e. The summed E-state index contributed by atoms with van der Waals surface area (Å²) in [6, 6.07) is 0.128. The van der Waals surface area contributed by atoms with Crippen LogP contribution in [0, 0.1) is 5.41 Å². The predicted octanol–water partition coefficient (Wildman–Crippen LogP) is 4.18. The van der Waals surface area contributed by atoms with Crippen LogP contribution < -0.4 is 10.6 Å². The molecule has 1 unspecified atom stereocenters. The summed E-state index contributed by atoms with van der Waals surface area (Å²) in [4.78, 5) is 44.6. The summed E-state index contributed by atoms with van der Waals surface area (Å²) >= 11 is 1.57. The number of ether oxygens (including phenoxy) is 1. The van der Waals surface area contributed by atoms with Crippen molar-refractivity contribution >= 4 is 34.2 Å². The van der Waals surface area contributed by atoms with Gasteiger partial charge in [-0.25, -0.2) is 4.79 Å². The van der Waals surface area contributed by atoms with Crippen LogP contribution in [0.4, 0.5) is 9.80 Å². The molecule has 3 saturated heterocycles. The number of nitrogens with one attached hydrogen (secondary N) is 2. The largest absolute Gasteiger partial charge is 0.459 e. The Hall–Kier alpha value is -2.13. The number of anilines is 1. The maximum atomic E-state index is 13.8. The number of thiophene rings is 1. The Morgan fingerprint density at radius 2 is 1.86 bits per heavy atom. The molecule has 1 aliphatic carbocycles. The van der Waals surface area contributed by atoms with E-state index in [0.29, 0.717) is 36.2 Å². The van der Waals surface area contributed by atoms with Crippen LogP contribution in [0.2, 0.25) is 0 Å². The molecule has 0 bridgehead atoms. The topological polar surface area (TPSA) is 91.0 Å². The Labute approximate surface area is 218 Å². The van der Waals surface area contributed by atoms with Crippen LogP contribution in [0.1, 0.15) is 86.5 Å². The summed E-state index contributed by atoms with van der Waals surface area (Å²) in [5.41, 5.74) is 1.11. The number of piperidine rings is 2. The molecule has 36 heavy (non-hydrogen) atoms. The number of carbonyl (C=O) groups is 3. The smallest absolute Gasteiger partial charge is 0.319 e. The maximum absolute atomic E-state index is 13.8. The lowest BCUT2D eigenvalue weighted by Crippen LogP contribution is -2.53. The number of fused-ring (bicyclic) bond motifs is 1. The zero-order chi connectivity index (χ0) is 25.5. The fourth-order valence-electron chi connectivity index (χ4n) is 6.85. The van der Waals surface area contributed by atoms with Crippen molar-refractivity contribution in [3.8, 4) is 0 Å². The van der Waals surface area contributed by atoms with Gasteiger partial charge >= 0.3 is 12.0 Å². The van der Waals surface area contributed by atoms with E-state index in [1.165, 1.54) is 4.88 Å². The number of aryl methyl sites for hydroxylation is 1. The van der Waals surface area contributed by atoms with Crippen LogP contribution in [0.3, 0.4) is 0 Å². The number of urea groups is 1. The highest BCUT2D eigenvalue weighted by atomic mass is 32.1. The van der Waals surface area contributed by atoms with Gasteiger partial charge in [0.25, 0.3) is 5.91 Å². The van der Waals surface area contributed by atoms with E-state index in [1.54, 1.807) is 11.3 Å². The number of amides is 3. The van der Waals surface area contributed by atoms with Crippen molar-refractivity contribution in [3.63, 3.8) is 0 Å². The van der Waals surface area contributed by atoms with Crippen LogP contribution >= 0.6 is 11.3 Å². The molecule has 0 saturated carbocycles. The molecule has 1 aromatic heterocycles. The SMILES string of the molecule is CCNC(=O)Nc1sc2c(c1C(=O)N1CCC(N3CCCC4(C3)CC(C)(C)OC4=O)CC1)CCCC2. The van der Waals surface area contributed by atoms with Gasteiger partial charge in [-0.15, -0.1) is 11.3 Å². The minimum absolute atomic E-state index is 0.0285. The van der Waals surface area contributed by atoms with E-state index in [0.717, 1.165) is 76.4 Å². The van der Waals surface area contributed by atoms with Crippen molar-refractivity contribution in [1.82, 2.24) is 15.1 Å². The van der Waals surface area contributed by atoms with E-state index < -0.39 is 0 Å². The lowest BCUT2D eigenvalue weighted by atomic mass is 9.74. The van der Waals surface area contributed by atoms with Gasteiger partial charge < -0.3 is 15.0 Å². The molecular formula is C27H40N4O4S. The first-order valence-corrected chi connectivity index (χ1v) is 14.5. The summed E-state index contributed by atoms with van der Waals surface area (Å²) < 4.78 is 5.71. The van der Waals surface area contributed by atoms with E-state index in [2.05, 4.69) is 15.5 Å². The van der Waals surface area contributed by atoms with Crippen molar-refractivity contribution in [3.05, 3.63) is 16.0 Å². The van der Waals surface area contributed by atoms with E-state index in [4.69, 9.17) is 4.74 Å². The Balaban J connectivity index is 1.26. The molecular weight excluding hydrogens is 476 g/mol. The predicted molar refractivity (Wildman–Crippen MR) is 141 cm³/mol. The molecule has 5 rings (SSSR count). The van der Waals surface area contributed by atoms with Gasteiger partial charge in [0.2, 0.25) is 0 Å². The second-order valence-electron chi connectivity index (χ2n) is 11.6. The Kier molecular flexibility index (Phi) is 7.07. The van der Waals surface area contributed by atoms with Crippen LogP contribution in [-0.4, -0.2) is 72.1 Å². The fraction of sp³-hybridized carbons (Fsp3) is 0.741. The van der Waals surface area contributed by atoms with Crippen LogP contribution in [-0.2, 0) is 22.4 Å². The number of nitrogens with zero attached hydrogens (tertiary/aromatic N) is 2. The van der Waals surface area contributed by atoms with Gasteiger partial charge in [0.05, 0.1) is 11.0 Å². The first kappa shape index (κ1) is 25.5. The zero-order valence-corrected chi connectivity index (χ0v) is 22.7.